The van der Waals surface area contributed by atoms with E-state index >= 15 is 0 Å². The van der Waals surface area contributed by atoms with Gasteiger partial charge < -0.3 is 14.8 Å². The number of nitro benzene ring substituents is 1. The van der Waals surface area contributed by atoms with Crippen molar-refractivity contribution in [1.82, 2.24) is 5.43 Å². The molecule has 0 atom stereocenters. The number of fused-ring (bicyclic) bond motifs is 1. The van der Waals surface area contributed by atoms with Crippen LogP contribution in [0.1, 0.15) is 50.1 Å². The number of carbonyl (C=O) groups is 4. The van der Waals surface area contributed by atoms with Crippen LogP contribution in [0.5, 0.6) is 5.75 Å². The molecule has 4 rings (SSSR count). The molecule has 1 heterocycles. The summed E-state index contributed by atoms with van der Waals surface area (Å²) in [5, 5.41) is 17.3. The summed E-state index contributed by atoms with van der Waals surface area (Å²) < 4.78 is 10.5. The molecule has 3 aromatic rings. The third-order valence-electron chi connectivity index (χ3n) is 5.64. The van der Waals surface area contributed by atoms with Gasteiger partial charge >= 0.3 is 23.8 Å². The minimum Gasteiger partial charge on any atom is -0.462 e. The van der Waals surface area contributed by atoms with Gasteiger partial charge in [-0.15, -0.1) is 11.3 Å². The summed E-state index contributed by atoms with van der Waals surface area (Å²) in [6.07, 6.45) is 3.57. The van der Waals surface area contributed by atoms with E-state index in [1.54, 1.807) is 25.1 Å². The fraction of sp³-hybridized carbons (Fsp3) is 0.192. The first-order valence-corrected chi connectivity index (χ1v) is 12.6. The van der Waals surface area contributed by atoms with Crippen LogP contribution in [0.2, 0.25) is 0 Å². The molecular formula is C26H22N4O8S. The Morgan fingerprint density at radius 1 is 1.05 bits per heavy atom. The summed E-state index contributed by atoms with van der Waals surface area (Å²) in [5.41, 5.74) is 3.47. The summed E-state index contributed by atoms with van der Waals surface area (Å²) in [5.74, 6) is -3.29. The zero-order valence-electron chi connectivity index (χ0n) is 20.6. The first-order chi connectivity index (χ1) is 18.8. The molecule has 2 aromatic carbocycles. The number of hydrazone groups is 1. The van der Waals surface area contributed by atoms with E-state index in [0.29, 0.717) is 12.0 Å². The van der Waals surface area contributed by atoms with E-state index in [4.69, 9.17) is 9.47 Å². The predicted molar refractivity (Wildman–Crippen MR) is 141 cm³/mol. The number of hydrogen-bond donors (Lipinski definition) is 2. The van der Waals surface area contributed by atoms with Crippen molar-refractivity contribution in [3.05, 3.63) is 85.8 Å². The summed E-state index contributed by atoms with van der Waals surface area (Å²) in [6, 6.07) is 11.2. The highest BCUT2D eigenvalue weighted by atomic mass is 32.1. The van der Waals surface area contributed by atoms with Crippen molar-refractivity contribution < 1.29 is 33.6 Å². The largest absolute Gasteiger partial charge is 0.462 e. The Morgan fingerprint density at radius 2 is 1.79 bits per heavy atom. The monoisotopic (exact) mass is 550 g/mol. The van der Waals surface area contributed by atoms with Crippen molar-refractivity contribution in [2.45, 2.75) is 26.2 Å². The number of esters is 2. The average molecular weight is 551 g/mol. The predicted octanol–water partition coefficient (Wildman–Crippen LogP) is 3.63. The SMILES string of the molecule is CCOC(=O)c1c(NC(=O)C(=O)NN=Cc2ccccc2OC(=O)c2ccc([N+](=O)[O-])cc2)sc2c1CCC2. The van der Waals surface area contributed by atoms with Crippen molar-refractivity contribution >= 4 is 52.0 Å². The minimum atomic E-state index is -1.07. The lowest BCUT2D eigenvalue weighted by Crippen LogP contribution is -2.32. The van der Waals surface area contributed by atoms with E-state index in [1.165, 1.54) is 47.9 Å². The molecule has 1 aromatic heterocycles. The molecule has 2 N–H and O–H groups in total. The number of aryl methyl sites for hydroxylation is 1. The van der Waals surface area contributed by atoms with Crippen molar-refractivity contribution in [2.24, 2.45) is 5.10 Å². The number of thiophene rings is 1. The number of ether oxygens (including phenoxy) is 2. The lowest BCUT2D eigenvalue weighted by atomic mass is 10.1. The van der Waals surface area contributed by atoms with Gasteiger partial charge in [-0.05, 0) is 56.0 Å². The summed E-state index contributed by atoms with van der Waals surface area (Å²) in [4.78, 5) is 61.0. The quantitative estimate of drug-likeness (QED) is 0.107. The highest BCUT2D eigenvalue weighted by Crippen LogP contribution is 2.39. The van der Waals surface area contributed by atoms with Crippen molar-refractivity contribution in [1.29, 1.82) is 0 Å². The Labute approximate surface area is 225 Å². The molecule has 1 aliphatic carbocycles. The van der Waals surface area contributed by atoms with Gasteiger partial charge in [-0.1, -0.05) is 12.1 Å². The van der Waals surface area contributed by atoms with Gasteiger partial charge in [0.25, 0.3) is 5.69 Å². The van der Waals surface area contributed by atoms with Gasteiger partial charge in [0, 0.05) is 22.6 Å². The molecule has 13 heteroatoms. The van der Waals surface area contributed by atoms with Gasteiger partial charge in [-0.3, -0.25) is 19.7 Å². The van der Waals surface area contributed by atoms with Crippen LogP contribution in [0.25, 0.3) is 0 Å². The third-order valence-corrected chi connectivity index (χ3v) is 6.85. The molecule has 39 heavy (non-hydrogen) atoms. The van der Waals surface area contributed by atoms with Gasteiger partial charge in [-0.25, -0.2) is 15.0 Å². The molecule has 0 spiro atoms. The maximum atomic E-state index is 12.5. The normalized spacial score (nSPS) is 12.0. The van der Waals surface area contributed by atoms with E-state index in [9.17, 15) is 29.3 Å². The number of nitro groups is 1. The number of rotatable bonds is 8. The number of anilines is 1. The molecule has 1 aliphatic rings. The highest BCUT2D eigenvalue weighted by molar-refractivity contribution is 7.17. The first kappa shape index (κ1) is 27.1. The summed E-state index contributed by atoms with van der Waals surface area (Å²) >= 11 is 1.24. The zero-order chi connectivity index (χ0) is 27.9. The maximum Gasteiger partial charge on any atom is 0.343 e. The number of amides is 2. The molecule has 0 unspecified atom stereocenters. The van der Waals surface area contributed by atoms with Crippen LogP contribution in [-0.2, 0) is 27.2 Å². The Morgan fingerprint density at radius 3 is 2.51 bits per heavy atom. The molecule has 12 nitrogen and oxygen atoms in total. The molecule has 0 saturated heterocycles. The van der Waals surface area contributed by atoms with E-state index in [-0.39, 0.29) is 34.2 Å². The van der Waals surface area contributed by atoms with Gasteiger partial charge in [0.15, 0.2) is 0 Å². The molecule has 2 amide bonds. The lowest BCUT2D eigenvalue weighted by Gasteiger charge is -2.08. The van der Waals surface area contributed by atoms with Crippen molar-refractivity contribution in [2.75, 3.05) is 11.9 Å². The number of benzene rings is 2. The van der Waals surface area contributed by atoms with Crippen LogP contribution < -0.4 is 15.5 Å². The molecular weight excluding hydrogens is 528 g/mol. The standard InChI is InChI=1S/C26H22N4O8S/c1-2-37-26(34)21-18-7-5-9-20(18)39-24(21)28-22(31)23(32)29-27-14-16-6-3-4-8-19(16)38-25(33)15-10-12-17(13-11-15)30(35)36/h3-4,6,8,10-14H,2,5,7,9H2,1H3,(H,28,31)(H,29,32). The fourth-order valence-electron chi connectivity index (χ4n) is 3.84. The van der Waals surface area contributed by atoms with Gasteiger partial charge in [0.2, 0.25) is 0 Å². The summed E-state index contributed by atoms with van der Waals surface area (Å²) in [7, 11) is 0. The Balaban J connectivity index is 1.40. The van der Waals surface area contributed by atoms with E-state index < -0.39 is 28.7 Å². The first-order valence-electron chi connectivity index (χ1n) is 11.8. The van der Waals surface area contributed by atoms with Crippen molar-refractivity contribution in [3.63, 3.8) is 0 Å². The van der Waals surface area contributed by atoms with E-state index in [1.807, 2.05) is 0 Å². The molecule has 0 saturated carbocycles. The van der Waals surface area contributed by atoms with Crippen LogP contribution in [0, 0.1) is 10.1 Å². The number of hydrogen-bond acceptors (Lipinski definition) is 10. The molecule has 0 aliphatic heterocycles. The topological polar surface area (TPSA) is 166 Å². The van der Waals surface area contributed by atoms with Crippen LogP contribution in [-0.4, -0.2) is 41.5 Å². The van der Waals surface area contributed by atoms with Gasteiger partial charge in [0.05, 0.1) is 28.9 Å². The molecule has 0 bridgehead atoms. The fourth-order valence-corrected chi connectivity index (χ4v) is 5.11. The van der Waals surface area contributed by atoms with Crippen LogP contribution >= 0.6 is 11.3 Å². The van der Waals surface area contributed by atoms with Gasteiger partial charge in [-0.2, -0.15) is 5.10 Å². The lowest BCUT2D eigenvalue weighted by molar-refractivity contribution is -0.384. The van der Waals surface area contributed by atoms with Crippen LogP contribution in [0.3, 0.4) is 0 Å². The highest BCUT2D eigenvalue weighted by Gasteiger charge is 2.29. The minimum absolute atomic E-state index is 0.0963. The number of para-hydroxylation sites is 1. The second-order valence-corrected chi connectivity index (χ2v) is 9.27. The number of carbonyl (C=O) groups excluding carboxylic acids is 4. The van der Waals surface area contributed by atoms with Crippen LogP contribution in [0.4, 0.5) is 10.7 Å². The van der Waals surface area contributed by atoms with E-state index in [0.717, 1.165) is 23.3 Å². The molecule has 0 radical (unpaired) electrons. The number of nitrogens with one attached hydrogen (secondary N) is 2. The number of nitrogens with zero attached hydrogens (tertiary/aromatic N) is 2. The second kappa shape index (κ2) is 12.1. The second-order valence-electron chi connectivity index (χ2n) is 8.17. The molecule has 0 fully saturated rings. The summed E-state index contributed by atoms with van der Waals surface area (Å²) in [6.45, 7) is 1.86. The van der Waals surface area contributed by atoms with Gasteiger partial charge in [0.1, 0.15) is 10.8 Å². The van der Waals surface area contributed by atoms with Crippen LogP contribution in [0.15, 0.2) is 53.6 Å². The van der Waals surface area contributed by atoms with Crippen molar-refractivity contribution in [3.8, 4) is 5.75 Å². The number of non-ortho nitro benzene ring substituents is 1. The molecule has 200 valence electrons. The maximum absolute atomic E-state index is 12.5. The Hall–Kier alpha value is -4.91. The average Bonchev–Trinajstić information content (AvgIpc) is 3.50. The van der Waals surface area contributed by atoms with E-state index in [2.05, 4.69) is 15.8 Å². The zero-order valence-corrected chi connectivity index (χ0v) is 21.4. The third kappa shape index (κ3) is 6.33. The smallest absolute Gasteiger partial charge is 0.343 e. The Bertz CT molecular complexity index is 1480. The Kier molecular flexibility index (Phi) is 8.41.